The topological polar surface area (TPSA) is 57.6 Å². The zero-order valence-corrected chi connectivity index (χ0v) is 12.4. The molecule has 2 rings (SSSR count). The average Bonchev–Trinajstić information content (AvgIpc) is 2.61. The molecule has 1 aromatic rings. The van der Waals surface area contributed by atoms with Crippen molar-refractivity contribution in [2.45, 2.75) is 25.8 Å². The summed E-state index contributed by atoms with van der Waals surface area (Å²) in [6.07, 6.45) is 1.73. The molecule has 1 aliphatic rings. The van der Waals surface area contributed by atoms with Gasteiger partial charge in [-0.1, -0.05) is 6.42 Å². The van der Waals surface area contributed by atoms with Crippen LogP contribution in [-0.4, -0.2) is 28.9 Å². The Morgan fingerprint density at radius 1 is 1.56 bits per heavy atom. The molecule has 18 heavy (non-hydrogen) atoms. The van der Waals surface area contributed by atoms with E-state index in [9.17, 15) is 14.7 Å². The molecule has 0 spiro atoms. The third-order valence-electron chi connectivity index (χ3n) is 3.41. The van der Waals surface area contributed by atoms with E-state index >= 15 is 0 Å². The third-order valence-corrected chi connectivity index (χ3v) is 4.97. The highest BCUT2D eigenvalue weighted by atomic mass is 79.9. The van der Waals surface area contributed by atoms with E-state index in [0.717, 1.165) is 15.8 Å². The molecule has 1 amide bonds. The fourth-order valence-electron chi connectivity index (χ4n) is 2.19. The number of nitrogens with zero attached hydrogens (tertiary/aromatic N) is 1. The number of amides is 1. The van der Waals surface area contributed by atoms with Gasteiger partial charge in [0, 0.05) is 13.6 Å². The maximum atomic E-state index is 12.2. The summed E-state index contributed by atoms with van der Waals surface area (Å²) < 4.78 is 1.01. The van der Waals surface area contributed by atoms with Gasteiger partial charge in [-0.2, -0.15) is 0 Å². The number of aliphatic carboxylic acids is 1. The molecule has 1 heterocycles. The first-order chi connectivity index (χ1) is 8.45. The number of carbonyl (C=O) groups is 2. The van der Waals surface area contributed by atoms with E-state index in [1.54, 1.807) is 18.4 Å². The van der Waals surface area contributed by atoms with Crippen molar-refractivity contribution < 1.29 is 14.7 Å². The summed E-state index contributed by atoms with van der Waals surface area (Å²) in [5.41, 5.74) is -0.148. The number of hydrogen-bond donors (Lipinski definition) is 1. The summed E-state index contributed by atoms with van der Waals surface area (Å²) in [4.78, 5) is 25.0. The molecule has 4 nitrogen and oxygen atoms in total. The van der Waals surface area contributed by atoms with Gasteiger partial charge in [-0.05, 0) is 45.8 Å². The van der Waals surface area contributed by atoms with Crippen LogP contribution in [0.3, 0.4) is 0 Å². The van der Waals surface area contributed by atoms with Crippen LogP contribution in [0.5, 0.6) is 0 Å². The lowest BCUT2D eigenvalue weighted by atomic mass is 9.68. The second kappa shape index (κ2) is 5.01. The molecule has 98 valence electrons. The molecule has 6 heteroatoms. The summed E-state index contributed by atoms with van der Waals surface area (Å²) in [6.45, 7) is 0.454. The van der Waals surface area contributed by atoms with E-state index in [1.807, 2.05) is 11.4 Å². The van der Waals surface area contributed by atoms with Gasteiger partial charge in [-0.15, -0.1) is 11.3 Å². The second-order valence-corrected chi connectivity index (χ2v) is 6.95. The average molecular weight is 332 g/mol. The molecule has 1 fully saturated rings. The van der Waals surface area contributed by atoms with E-state index in [1.165, 1.54) is 4.90 Å². The van der Waals surface area contributed by atoms with Crippen LogP contribution in [-0.2, 0) is 16.1 Å². The lowest BCUT2D eigenvalue weighted by Gasteiger charge is -2.38. The predicted octanol–water partition coefficient (Wildman–Crippen LogP) is 2.72. The Bertz CT molecular complexity index is 481. The minimum atomic E-state index is -1.16. The van der Waals surface area contributed by atoms with Crippen LogP contribution in [0.15, 0.2) is 15.2 Å². The number of thiophene rings is 1. The zero-order chi connectivity index (χ0) is 13.3. The lowest BCUT2D eigenvalue weighted by molar-refractivity contribution is -0.167. The third kappa shape index (κ3) is 2.31. The Morgan fingerprint density at radius 3 is 2.61 bits per heavy atom. The van der Waals surface area contributed by atoms with Gasteiger partial charge in [0.2, 0.25) is 5.91 Å². The van der Waals surface area contributed by atoms with Crippen molar-refractivity contribution >= 4 is 39.1 Å². The highest BCUT2D eigenvalue weighted by Gasteiger charge is 2.52. The molecular weight excluding hydrogens is 318 g/mol. The molecular formula is C12H14BrNO3S. The van der Waals surface area contributed by atoms with Crippen molar-refractivity contribution in [1.29, 1.82) is 0 Å². The van der Waals surface area contributed by atoms with Crippen LogP contribution in [0.25, 0.3) is 0 Å². The van der Waals surface area contributed by atoms with E-state index in [0.29, 0.717) is 19.4 Å². The number of carboxylic acid groups (broad SMARTS) is 1. The Labute approximate surface area is 118 Å². The fraction of sp³-hybridized carbons (Fsp3) is 0.500. The van der Waals surface area contributed by atoms with E-state index in [2.05, 4.69) is 15.9 Å². The fourth-order valence-corrected chi connectivity index (χ4v) is 3.39. The maximum absolute atomic E-state index is 12.2. The Kier molecular flexibility index (Phi) is 3.77. The zero-order valence-electron chi connectivity index (χ0n) is 9.98. The van der Waals surface area contributed by atoms with E-state index in [-0.39, 0.29) is 5.91 Å². The van der Waals surface area contributed by atoms with E-state index in [4.69, 9.17) is 0 Å². The van der Waals surface area contributed by atoms with Crippen LogP contribution < -0.4 is 0 Å². The van der Waals surface area contributed by atoms with Crippen molar-refractivity contribution in [2.24, 2.45) is 5.41 Å². The first kappa shape index (κ1) is 13.5. The normalized spacial score (nSPS) is 17.0. The van der Waals surface area contributed by atoms with Gasteiger partial charge < -0.3 is 10.0 Å². The highest BCUT2D eigenvalue weighted by molar-refractivity contribution is 9.11. The number of carbonyl (C=O) groups excluding carboxylic acids is 1. The summed E-state index contributed by atoms with van der Waals surface area (Å²) in [6, 6.07) is 1.95. The van der Waals surface area contributed by atoms with Crippen LogP contribution >= 0.6 is 27.3 Å². The van der Waals surface area contributed by atoms with Gasteiger partial charge in [0.1, 0.15) is 5.41 Å². The number of hydrogen-bond acceptors (Lipinski definition) is 3. The van der Waals surface area contributed by atoms with Crippen molar-refractivity contribution in [3.05, 3.63) is 20.8 Å². The summed E-state index contributed by atoms with van der Waals surface area (Å²) >= 11 is 4.92. The minimum absolute atomic E-state index is 0.274. The molecule has 0 radical (unpaired) electrons. The van der Waals surface area contributed by atoms with Crippen molar-refractivity contribution in [3.8, 4) is 0 Å². The molecule has 1 aliphatic carbocycles. The molecule has 1 saturated carbocycles. The van der Waals surface area contributed by atoms with Crippen molar-refractivity contribution in [2.75, 3.05) is 7.05 Å². The molecule has 1 N–H and O–H groups in total. The smallest absolute Gasteiger partial charge is 0.319 e. The molecule has 0 unspecified atom stereocenters. The second-order valence-electron chi connectivity index (χ2n) is 4.66. The Morgan fingerprint density at radius 2 is 2.22 bits per heavy atom. The molecule has 0 aliphatic heterocycles. The van der Waals surface area contributed by atoms with Gasteiger partial charge in [0.05, 0.1) is 3.79 Å². The van der Waals surface area contributed by atoms with Gasteiger partial charge in [0.25, 0.3) is 0 Å². The monoisotopic (exact) mass is 331 g/mol. The quantitative estimate of drug-likeness (QED) is 0.863. The SMILES string of the molecule is CN(Cc1csc(Br)c1)C(=O)C1(C(=O)O)CCC1. The van der Waals surface area contributed by atoms with Crippen LogP contribution in [0.2, 0.25) is 0 Å². The van der Waals surface area contributed by atoms with Crippen molar-refractivity contribution in [1.82, 2.24) is 4.90 Å². The van der Waals surface area contributed by atoms with Crippen molar-refractivity contribution in [3.63, 3.8) is 0 Å². The standard InChI is InChI=1S/C12H14BrNO3S/c1-14(6-8-5-9(13)18-7-8)10(15)12(11(16)17)3-2-4-12/h5,7H,2-4,6H2,1H3,(H,16,17). The first-order valence-electron chi connectivity index (χ1n) is 5.67. The van der Waals surface area contributed by atoms with Crippen LogP contribution in [0.1, 0.15) is 24.8 Å². The van der Waals surface area contributed by atoms with Gasteiger partial charge in [-0.3, -0.25) is 9.59 Å². The largest absolute Gasteiger partial charge is 0.480 e. The molecule has 0 aromatic carbocycles. The summed E-state index contributed by atoms with van der Waals surface area (Å²) in [7, 11) is 1.66. The Balaban J connectivity index is 2.07. The van der Waals surface area contributed by atoms with Crippen LogP contribution in [0.4, 0.5) is 0 Å². The highest BCUT2D eigenvalue weighted by Crippen LogP contribution is 2.42. The summed E-state index contributed by atoms with van der Waals surface area (Å²) in [5.74, 6) is -1.26. The van der Waals surface area contributed by atoms with Gasteiger partial charge >= 0.3 is 5.97 Å². The van der Waals surface area contributed by atoms with Gasteiger partial charge in [0.15, 0.2) is 0 Å². The maximum Gasteiger partial charge on any atom is 0.319 e. The lowest BCUT2D eigenvalue weighted by Crippen LogP contribution is -2.51. The Hall–Kier alpha value is -0.880. The molecule has 1 aromatic heterocycles. The van der Waals surface area contributed by atoms with Crippen LogP contribution in [0, 0.1) is 5.41 Å². The molecule has 0 bridgehead atoms. The molecule has 0 atom stereocenters. The molecule has 0 saturated heterocycles. The summed E-state index contributed by atoms with van der Waals surface area (Å²) in [5, 5.41) is 11.2. The van der Waals surface area contributed by atoms with E-state index < -0.39 is 11.4 Å². The minimum Gasteiger partial charge on any atom is -0.480 e. The number of halogens is 1. The van der Waals surface area contributed by atoms with Gasteiger partial charge in [-0.25, -0.2) is 0 Å². The first-order valence-corrected chi connectivity index (χ1v) is 7.35. The predicted molar refractivity (Wildman–Crippen MR) is 72.4 cm³/mol. The number of carboxylic acids is 1. The number of rotatable bonds is 4.